The van der Waals surface area contributed by atoms with Gasteiger partial charge in [0, 0.05) is 26.6 Å². The van der Waals surface area contributed by atoms with Crippen molar-refractivity contribution >= 4 is 5.97 Å². The average Bonchev–Trinajstić information content (AvgIpc) is 2.88. The predicted octanol–water partition coefficient (Wildman–Crippen LogP) is 0.724. The van der Waals surface area contributed by atoms with Crippen molar-refractivity contribution < 1.29 is 14.6 Å². The van der Waals surface area contributed by atoms with Gasteiger partial charge in [-0.15, -0.1) is 10.2 Å². The van der Waals surface area contributed by atoms with Crippen LogP contribution in [-0.4, -0.2) is 45.5 Å². The first kappa shape index (κ1) is 15.0. The Balaban J connectivity index is 1.65. The highest BCUT2D eigenvalue weighted by atomic mass is 16.5. The molecule has 0 aliphatic heterocycles. The lowest BCUT2D eigenvalue weighted by Gasteiger charge is -2.08. The molecule has 0 unspecified atom stereocenters. The quantitative estimate of drug-likeness (QED) is 0.697. The Kier molecular flexibility index (Phi) is 5.28. The van der Waals surface area contributed by atoms with Crippen molar-refractivity contribution in [3.8, 4) is 5.75 Å². The Morgan fingerprint density at radius 1 is 1.43 bits per heavy atom. The molecule has 2 N–H and O–H groups in total. The van der Waals surface area contributed by atoms with Crippen LogP contribution in [0.5, 0.6) is 5.75 Å². The summed E-state index contributed by atoms with van der Waals surface area (Å²) in [6.07, 6.45) is 2.47. The van der Waals surface area contributed by atoms with Crippen molar-refractivity contribution in [2.45, 2.75) is 6.42 Å². The van der Waals surface area contributed by atoms with Crippen LogP contribution in [0.1, 0.15) is 16.2 Å². The van der Waals surface area contributed by atoms with E-state index in [0.717, 1.165) is 18.8 Å². The molecule has 21 heavy (non-hydrogen) atoms. The zero-order chi connectivity index (χ0) is 15.1. The van der Waals surface area contributed by atoms with Gasteiger partial charge in [0.25, 0.3) is 0 Å². The van der Waals surface area contributed by atoms with E-state index in [1.807, 2.05) is 11.6 Å². The van der Waals surface area contributed by atoms with E-state index >= 15 is 0 Å². The zero-order valence-corrected chi connectivity index (χ0v) is 11.8. The Hall–Kier alpha value is -2.41. The van der Waals surface area contributed by atoms with E-state index in [1.54, 1.807) is 18.5 Å². The van der Waals surface area contributed by atoms with Crippen molar-refractivity contribution in [2.75, 3.05) is 19.7 Å². The van der Waals surface area contributed by atoms with E-state index in [1.165, 1.54) is 12.1 Å². The molecule has 0 amide bonds. The van der Waals surface area contributed by atoms with Crippen LogP contribution in [0.2, 0.25) is 0 Å². The molecule has 2 aromatic rings. The fraction of sp³-hybridized carbons (Fsp3) is 0.357. The summed E-state index contributed by atoms with van der Waals surface area (Å²) in [5.41, 5.74) is 0.225. The number of aromatic nitrogens is 3. The fourth-order valence-electron chi connectivity index (χ4n) is 1.82. The Morgan fingerprint density at radius 2 is 2.29 bits per heavy atom. The van der Waals surface area contributed by atoms with Gasteiger partial charge >= 0.3 is 5.97 Å². The van der Waals surface area contributed by atoms with E-state index in [-0.39, 0.29) is 5.56 Å². The molecule has 0 atom stereocenters. The van der Waals surface area contributed by atoms with Gasteiger partial charge in [0.15, 0.2) is 0 Å². The van der Waals surface area contributed by atoms with Gasteiger partial charge in [0.1, 0.15) is 24.5 Å². The maximum absolute atomic E-state index is 10.8. The molecule has 0 bridgehead atoms. The monoisotopic (exact) mass is 290 g/mol. The van der Waals surface area contributed by atoms with Crippen molar-refractivity contribution in [1.82, 2.24) is 20.1 Å². The number of benzene rings is 1. The summed E-state index contributed by atoms with van der Waals surface area (Å²) in [6.45, 7) is 1.93. The van der Waals surface area contributed by atoms with Gasteiger partial charge in [-0.3, -0.25) is 0 Å². The first-order chi connectivity index (χ1) is 10.2. The predicted molar refractivity (Wildman–Crippen MR) is 76.5 cm³/mol. The van der Waals surface area contributed by atoms with Crippen molar-refractivity contribution in [3.63, 3.8) is 0 Å². The van der Waals surface area contributed by atoms with Crippen LogP contribution in [-0.2, 0) is 13.5 Å². The summed E-state index contributed by atoms with van der Waals surface area (Å²) in [5.74, 6) is 0.532. The molecule has 0 aliphatic carbocycles. The van der Waals surface area contributed by atoms with Gasteiger partial charge in [-0.1, -0.05) is 6.07 Å². The second-order valence-corrected chi connectivity index (χ2v) is 4.54. The first-order valence-electron chi connectivity index (χ1n) is 6.66. The topological polar surface area (TPSA) is 89.3 Å². The third kappa shape index (κ3) is 4.57. The minimum absolute atomic E-state index is 0.225. The van der Waals surface area contributed by atoms with Crippen molar-refractivity contribution in [2.24, 2.45) is 7.05 Å². The first-order valence-corrected chi connectivity index (χ1v) is 6.66. The third-order valence-corrected chi connectivity index (χ3v) is 2.96. The normalized spacial score (nSPS) is 10.5. The maximum atomic E-state index is 10.8. The number of carboxylic acid groups (broad SMARTS) is 1. The minimum atomic E-state index is -0.956. The van der Waals surface area contributed by atoms with Crippen molar-refractivity contribution in [1.29, 1.82) is 0 Å². The number of nitrogens with zero attached hydrogens (tertiary/aromatic N) is 3. The highest BCUT2D eigenvalue weighted by molar-refractivity contribution is 5.87. The lowest BCUT2D eigenvalue weighted by atomic mass is 10.2. The van der Waals surface area contributed by atoms with E-state index in [0.29, 0.717) is 18.9 Å². The van der Waals surface area contributed by atoms with E-state index in [9.17, 15) is 4.79 Å². The maximum Gasteiger partial charge on any atom is 0.335 e. The summed E-state index contributed by atoms with van der Waals surface area (Å²) in [4.78, 5) is 10.8. The average molecular weight is 290 g/mol. The molecular weight excluding hydrogens is 272 g/mol. The van der Waals surface area contributed by atoms with Gasteiger partial charge in [-0.2, -0.15) is 0 Å². The smallest absolute Gasteiger partial charge is 0.335 e. The van der Waals surface area contributed by atoms with Crippen LogP contribution in [0.25, 0.3) is 0 Å². The van der Waals surface area contributed by atoms with Gasteiger partial charge in [-0.25, -0.2) is 4.79 Å². The molecule has 112 valence electrons. The summed E-state index contributed by atoms with van der Waals surface area (Å²) in [7, 11) is 1.91. The number of ether oxygens (including phenoxy) is 1. The van der Waals surface area contributed by atoms with Gasteiger partial charge < -0.3 is 19.7 Å². The van der Waals surface area contributed by atoms with Crippen LogP contribution in [0.3, 0.4) is 0 Å². The second kappa shape index (κ2) is 7.39. The Labute approximate surface area is 122 Å². The second-order valence-electron chi connectivity index (χ2n) is 4.54. The van der Waals surface area contributed by atoms with Gasteiger partial charge in [0.2, 0.25) is 0 Å². The molecule has 0 spiro atoms. The summed E-state index contributed by atoms with van der Waals surface area (Å²) in [6, 6.07) is 6.46. The molecule has 1 aromatic heterocycles. The molecule has 0 saturated carbocycles. The van der Waals surface area contributed by atoms with E-state index < -0.39 is 5.97 Å². The fourth-order valence-corrected chi connectivity index (χ4v) is 1.82. The molecule has 0 radical (unpaired) electrons. The van der Waals surface area contributed by atoms with Gasteiger partial charge in [-0.05, 0) is 18.2 Å². The number of nitrogens with one attached hydrogen (secondary N) is 1. The molecular formula is C14H18N4O3. The van der Waals surface area contributed by atoms with Crippen LogP contribution in [0.15, 0.2) is 30.6 Å². The third-order valence-electron chi connectivity index (χ3n) is 2.96. The Bertz CT molecular complexity index is 597. The highest BCUT2D eigenvalue weighted by Crippen LogP contribution is 2.12. The number of aryl methyl sites for hydroxylation is 1. The largest absolute Gasteiger partial charge is 0.492 e. The number of carboxylic acids is 1. The van der Waals surface area contributed by atoms with Crippen LogP contribution < -0.4 is 10.1 Å². The SMILES string of the molecule is Cn1cnnc1CCNCCOc1cccc(C(=O)O)c1. The summed E-state index contributed by atoms with van der Waals surface area (Å²) < 4.78 is 7.38. The molecule has 7 heteroatoms. The zero-order valence-electron chi connectivity index (χ0n) is 11.8. The molecule has 1 aromatic carbocycles. The van der Waals surface area contributed by atoms with Crippen LogP contribution >= 0.6 is 0 Å². The van der Waals surface area contributed by atoms with Crippen LogP contribution in [0, 0.1) is 0 Å². The lowest BCUT2D eigenvalue weighted by molar-refractivity contribution is 0.0696. The minimum Gasteiger partial charge on any atom is -0.492 e. The molecule has 0 aliphatic rings. The van der Waals surface area contributed by atoms with Crippen LogP contribution in [0.4, 0.5) is 0 Å². The molecule has 7 nitrogen and oxygen atoms in total. The molecule has 0 fully saturated rings. The lowest BCUT2D eigenvalue weighted by Crippen LogP contribution is -2.24. The number of hydrogen-bond acceptors (Lipinski definition) is 5. The summed E-state index contributed by atoms with van der Waals surface area (Å²) in [5, 5.41) is 19.9. The molecule has 2 rings (SSSR count). The van der Waals surface area contributed by atoms with E-state index in [4.69, 9.17) is 9.84 Å². The number of hydrogen-bond donors (Lipinski definition) is 2. The summed E-state index contributed by atoms with van der Waals surface area (Å²) >= 11 is 0. The van der Waals surface area contributed by atoms with Crippen molar-refractivity contribution in [3.05, 3.63) is 42.0 Å². The molecule has 1 heterocycles. The number of carbonyl (C=O) groups is 1. The number of rotatable bonds is 8. The Morgan fingerprint density at radius 3 is 3.00 bits per heavy atom. The number of aromatic carboxylic acids is 1. The molecule has 0 saturated heterocycles. The highest BCUT2D eigenvalue weighted by Gasteiger charge is 2.03. The van der Waals surface area contributed by atoms with Gasteiger partial charge in [0.05, 0.1) is 5.56 Å². The van der Waals surface area contributed by atoms with E-state index in [2.05, 4.69) is 15.5 Å². The standard InChI is InChI=1S/C14H18N4O3/c1-18-10-16-17-13(18)5-6-15-7-8-21-12-4-2-3-11(9-12)14(19)20/h2-4,9-10,15H,5-8H2,1H3,(H,19,20).